The molecule has 0 bridgehead atoms. The first-order valence-electron chi connectivity index (χ1n) is 16.5. The Morgan fingerprint density at radius 2 is 1.57 bits per heavy atom. The topological polar surface area (TPSA) is 104 Å². The van der Waals surface area contributed by atoms with Gasteiger partial charge in [0.25, 0.3) is 0 Å². The van der Waals surface area contributed by atoms with Gasteiger partial charge in [0.15, 0.2) is 23.3 Å². The first-order chi connectivity index (χ1) is 24.8. The molecule has 1 aliphatic rings. The van der Waals surface area contributed by atoms with Crippen molar-refractivity contribution in [3.8, 4) is 5.75 Å². The lowest BCUT2D eigenvalue weighted by atomic mass is 9.84. The number of carboxylic acid groups (broad SMARTS) is 1. The van der Waals surface area contributed by atoms with Crippen LogP contribution in [0.15, 0.2) is 65.6 Å². The molecule has 4 aromatic carbocycles. The predicted molar refractivity (Wildman–Crippen MR) is 188 cm³/mol. The zero-order chi connectivity index (χ0) is 39.0. The molecule has 1 aliphatic carbocycles. The maximum Gasteiger partial charge on any atom is 0.335 e. The van der Waals surface area contributed by atoms with E-state index in [0.717, 1.165) is 34.9 Å². The molecule has 0 radical (unpaired) electrons. The van der Waals surface area contributed by atoms with E-state index in [1.54, 1.807) is 6.92 Å². The molecule has 0 aliphatic heterocycles. The molecule has 0 spiro atoms. The quantitative estimate of drug-likeness (QED) is 0.0828. The van der Waals surface area contributed by atoms with Crippen LogP contribution in [0.2, 0.25) is 5.02 Å². The van der Waals surface area contributed by atoms with Crippen LogP contribution in [-0.2, 0) is 33.3 Å². The van der Waals surface area contributed by atoms with Crippen molar-refractivity contribution >= 4 is 39.2 Å². The van der Waals surface area contributed by atoms with Gasteiger partial charge in [-0.15, -0.1) is 0 Å². The third-order valence-electron chi connectivity index (χ3n) is 8.75. The van der Waals surface area contributed by atoms with E-state index in [9.17, 15) is 40.7 Å². The summed E-state index contributed by atoms with van der Waals surface area (Å²) in [4.78, 5) is 25.8. The van der Waals surface area contributed by atoms with Crippen LogP contribution < -0.4 is 9.64 Å². The van der Waals surface area contributed by atoms with E-state index in [0.29, 0.717) is 11.5 Å². The van der Waals surface area contributed by atoms with Crippen LogP contribution in [0.3, 0.4) is 0 Å². The van der Waals surface area contributed by atoms with E-state index < -0.39 is 74.0 Å². The average molecular weight is 779 g/mol. The number of carbonyl (C=O) groups excluding carboxylic acids is 1. The van der Waals surface area contributed by atoms with Crippen LogP contribution in [0.5, 0.6) is 5.75 Å². The number of sulfonamides is 1. The molecule has 282 valence electrons. The monoisotopic (exact) mass is 778 g/mol. The fourth-order valence-electron chi connectivity index (χ4n) is 5.75. The van der Waals surface area contributed by atoms with E-state index in [-0.39, 0.29) is 45.4 Å². The van der Waals surface area contributed by atoms with E-state index in [1.807, 2.05) is 32.9 Å². The molecular formula is C38H36ClF5N2O6S. The minimum absolute atomic E-state index is 0.0299. The first-order valence-corrected chi connectivity index (χ1v) is 18.4. The second-order valence-electron chi connectivity index (χ2n) is 13.7. The number of aromatic carboxylic acids is 1. The molecule has 0 atom stereocenters. The van der Waals surface area contributed by atoms with Crippen molar-refractivity contribution in [3.05, 3.63) is 123 Å². The Morgan fingerprint density at radius 1 is 0.906 bits per heavy atom. The Hall–Kier alpha value is -4.53. The number of ether oxygens (including phenoxy) is 1. The highest BCUT2D eigenvalue weighted by Gasteiger charge is 2.38. The van der Waals surface area contributed by atoms with Crippen molar-refractivity contribution in [1.29, 1.82) is 0 Å². The van der Waals surface area contributed by atoms with Gasteiger partial charge < -0.3 is 14.7 Å². The van der Waals surface area contributed by atoms with E-state index >= 15 is 4.39 Å². The van der Waals surface area contributed by atoms with Crippen LogP contribution in [0, 0.1) is 29.1 Å². The molecule has 53 heavy (non-hydrogen) atoms. The second-order valence-corrected chi connectivity index (χ2v) is 15.9. The van der Waals surface area contributed by atoms with Gasteiger partial charge in [0.1, 0.15) is 21.5 Å². The summed E-state index contributed by atoms with van der Waals surface area (Å²) in [6.07, 6.45) is 1.93. The smallest absolute Gasteiger partial charge is 0.335 e. The number of benzene rings is 4. The van der Waals surface area contributed by atoms with Gasteiger partial charge in [-0.1, -0.05) is 68.8 Å². The summed E-state index contributed by atoms with van der Waals surface area (Å²) < 4.78 is 107. The molecule has 1 amide bonds. The van der Waals surface area contributed by atoms with Crippen molar-refractivity contribution in [3.63, 3.8) is 0 Å². The second kappa shape index (κ2) is 15.4. The first kappa shape index (κ1) is 39.7. The molecule has 15 heteroatoms. The van der Waals surface area contributed by atoms with Gasteiger partial charge in [0.05, 0.1) is 30.9 Å². The maximum atomic E-state index is 15.2. The van der Waals surface area contributed by atoms with Crippen LogP contribution in [0.1, 0.15) is 79.1 Å². The van der Waals surface area contributed by atoms with Gasteiger partial charge in [-0.25, -0.2) is 35.2 Å². The minimum atomic E-state index is -5.54. The van der Waals surface area contributed by atoms with Crippen LogP contribution >= 0.6 is 11.6 Å². The van der Waals surface area contributed by atoms with E-state index in [4.69, 9.17) is 16.3 Å². The highest BCUT2D eigenvalue weighted by molar-refractivity contribution is 7.89. The zero-order valence-electron chi connectivity index (χ0n) is 29.2. The summed E-state index contributed by atoms with van der Waals surface area (Å²) in [6.45, 7) is 5.36. The summed E-state index contributed by atoms with van der Waals surface area (Å²) in [7, 11) is -5.54. The number of rotatable bonds is 13. The molecule has 8 nitrogen and oxygen atoms in total. The van der Waals surface area contributed by atoms with E-state index in [1.165, 1.54) is 36.4 Å². The lowest BCUT2D eigenvalue weighted by Gasteiger charge is -2.30. The number of carbonyl (C=O) groups is 2. The van der Waals surface area contributed by atoms with Crippen molar-refractivity contribution in [2.45, 2.75) is 69.9 Å². The Kier molecular flexibility index (Phi) is 11.6. The molecule has 0 aromatic heterocycles. The molecule has 5 rings (SSSR count). The number of amides is 1. The average Bonchev–Trinajstić information content (AvgIpc) is 3.95. The molecule has 1 N–H and O–H groups in total. The third-order valence-corrected chi connectivity index (χ3v) is 11.1. The molecule has 0 heterocycles. The normalized spacial score (nSPS) is 13.3. The van der Waals surface area contributed by atoms with Gasteiger partial charge in [0.2, 0.25) is 15.9 Å². The largest absolute Gasteiger partial charge is 0.492 e. The summed E-state index contributed by atoms with van der Waals surface area (Å²) >= 11 is 5.77. The Balaban J connectivity index is 1.68. The lowest BCUT2D eigenvalue weighted by Crippen LogP contribution is -2.43. The summed E-state index contributed by atoms with van der Waals surface area (Å²) in [5.74, 6) is -12.3. The fourth-order valence-corrected chi connectivity index (χ4v) is 7.68. The lowest BCUT2D eigenvalue weighted by molar-refractivity contribution is -0.119. The minimum Gasteiger partial charge on any atom is -0.492 e. The standard InChI is InChI=1S/C38H36ClF5N2O6S/c1-5-52-29-17-23(37(48)49)12-13-28(29)46(18-21-14-25(22-10-11-22)16-26(15-21)38(2,3)4)30(47)20-45(19-24-8-6-7-9-27(24)40)53(50,51)36-31(39)32(41)33(42)34(43)35(36)44/h6-9,12-17,22H,5,10-11,18-20H2,1-4H3,(H,48,49). The van der Waals surface area contributed by atoms with E-state index in [2.05, 4.69) is 6.07 Å². The molecule has 0 saturated heterocycles. The summed E-state index contributed by atoms with van der Waals surface area (Å²) in [5, 5.41) is 8.06. The van der Waals surface area contributed by atoms with Crippen molar-refractivity contribution < 1.29 is 49.8 Å². The van der Waals surface area contributed by atoms with Gasteiger partial charge in [-0.2, -0.15) is 4.31 Å². The number of nitrogens with zero attached hydrogens (tertiary/aromatic N) is 2. The van der Waals surface area contributed by atoms with Crippen molar-refractivity contribution in [2.75, 3.05) is 18.1 Å². The Bertz CT molecular complexity index is 2160. The van der Waals surface area contributed by atoms with Crippen molar-refractivity contribution in [1.82, 2.24) is 4.31 Å². The summed E-state index contributed by atoms with van der Waals surface area (Å²) in [6, 6.07) is 14.4. The Labute approximate surface area is 308 Å². The highest BCUT2D eigenvalue weighted by Crippen LogP contribution is 2.42. The molecule has 1 fully saturated rings. The third kappa shape index (κ3) is 8.50. The van der Waals surface area contributed by atoms with Crippen LogP contribution in [-0.4, -0.2) is 42.9 Å². The number of carboxylic acids is 1. The molecule has 0 unspecified atom stereocenters. The molecule has 1 saturated carbocycles. The molecule has 4 aromatic rings. The zero-order valence-corrected chi connectivity index (χ0v) is 30.7. The number of hydrogen-bond acceptors (Lipinski definition) is 5. The molecular weight excluding hydrogens is 743 g/mol. The van der Waals surface area contributed by atoms with Gasteiger partial charge in [-0.3, -0.25) is 4.79 Å². The number of hydrogen-bond donors (Lipinski definition) is 1. The van der Waals surface area contributed by atoms with Gasteiger partial charge in [0, 0.05) is 12.1 Å². The van der Waals surface area contributed by atoms with Gasteiger partial charge >= 0.3 is 5.97 Å². The predicted octanol–water partition coefficient (Wildman–Crippen LogP) is 8.73. The van der Waals surface area contributed by atoms with Gasteiger partial charge in [-0.05, 0) is 72.1 Å². The summed E-state index contributed by atoms with van der Waals surface area (Å²) in [5.41, 5.74) is 1.83. The van der Waals surface area contributed by atoms with Crippen molar-refractivity contribution in [2.24, 2.45) is 0 Å². The SMILES string of the molecule is CCOc1cc(C(=O)O)ccc1N(Cc1cc(C2CC2)cc(C(C)(C)C)c1)C(=O)CN(Cc1ccccc1F)S(=O)(=O)c1c(F)c(F)c(F)c(F)c1Cl. The van der Waals surface area contributed by atoms with Crippen LogP contribution in [0.25, 0.3) is 0 Å². The van der Waals surface area contributed by atoms with Crippen LogP contribution in [0.4, 0.5) is 27.6 Å². The fraction of sp³-hybridized carbons (Fsp3) is 0.316. The highest BCUT2D eigenvalue weighted by atomic mass is 35.5. The number of halogens is 6. The number of anilines is 1. The Morgan fingerprint density at radius 3 is 2.17 bits per heavy atom. The maximum absolute atomic E-state index is 15.2.